The summed E-state index contributed by atoms with van der Waals surface area (Å²) in [6.07, 6.45) is 2.73. The third kappa shape index (κ3) is 2.75. The van der Waals surface area contributed by atoms with Gasteiger partial charge in [-0.3, -0.25) is 4.68 Å². The van der Waals surface area contributed by atoms with Crippen LogP contribution in [0.3, 0.4) is 0 Å². The standard InChI is InChI=1S/C10H18N4OS/c1-11-8(9-6-16-4-3-15-9)5-10-12-7-13-14(10)2/h7-9,11H,3-6H2,1-2H3. The summed E-state index contributed by atoms with van der Waals surface area (Å²) < 4.78 is 7.60. The minimum atomic E-state index is 0.278. The van der Waals surface area contributed by atoms with E-state index in [9.17, 15) is 0 Å². The van der Waals surface area contributed by atoms with Gasteiger partial charge in [0.05, 0.1) is 12.7 Å². The Morgan fingerprint density at radius 2 is 2.62 bits per heavy atom. The predicted molar refractivity (Wildman–Crippen MR) is 64.6 cm³/mol. The molecule has 1 aromatic heterocycles. The third-order valence-electron chi connectivity index (χ3n) is 2.87. The Bertz CT molecular complexity index is 324. The lowest BCUT2D eigenvalue weighted by atomic mass is 10.1. The molecule has 1 fully saturated rings. The van der Waals surface area contributed by atoms with Gasteiger partial charge in [0.15, 0.2) is 0 Å². The summed E-state index contributed by atoms with van der Waals surface area (Å²) in [6, 6.07) is 0.315. The summed E-state index contributed by atoms with van der Waals surface area (Å²) in [5, 5.41) is 7.40. The van der Waals surface area contributed by atoms with Crippen LogP contribution in [0, 0.1) is 0 Å². The van der Waals surface area contributed by atoms with Crippen molar-refractivity contribution >= 4 is 11.8 Å². The van der Waals surface area contributed by atoms with Crippen molar-refractivity contribution in [3.05, 3.63) is 12.2 Å². The predicted octanol–water partition coefficient (Wildman–Crippen LogP) is 0.0776. The van der Waals surface area contributed by atoms with E-state index in [-0.39, 0.29) is 6.10 Å². The maximum absolute atomic E-state index is 5.78. The largest absolute Gasteiger partial charge is 0.375 e. The number of aryl methyl sites for hydroxylation is 1. The maximum atomic E-state index is 5.78. The molecule has 1 aliphatic rings. The van der Waals surface area contributed by atoms with Gasteiger partial charge >= 0.3 is 0 Å². The monoisotopic (exact) mass is 242 g/mol. The molecule has 16 heavy (non-hydrogen) atoms. The highest BCUT2D eigenvalue weighted by Gasteiger charge is 2.24. The molecule has 2 heterocycles. The van der Waals surface area contributed by atoms with Gasteiger partial charge in [-0.1, -0.05) is 0 Å². The number of nitrogens with zero attached hydrogens (tertiary/aromatic N) is 3. The third-order valence-corrected chi connectivity index (χ3v) is 3.89. The topological polar surface area (TPSA) is 52.0 Å². The first-order chi connectivity index (χ1) is 7.81. The molecule has 2 atom stereocenters. The Balaban J connectivity index is 1.97. The van der Waals surface area contributed by atoms with Gasteiger partial charge in [-0.2, -0.15) is 16.9 Å². The highest BCUT2D eigenvalue weighted by Crippen LogP contribution is 2.17. The summed E-state index contributed by atoms with van der Waals surface area (Å²) in [5.74, 6) is 3.17. The maximum Gasteiger partial charge on any atom is 0.138 e. The van der Waals surface area contributed by atoms with E-state index in [0.29, 0.717) is 6.04 Å². The second-order valence-electron chi connectivity index (χ2n) is 3.88. The molecule has 1 N–H and O–H groups in total. The van der Waals surface area contributed by atoms with Crippen molar-refractivity contribution in [2.75, 3.05) is 25.2 Å². The van der Waals surface area contributed by atoms with E-state index < -0.39 is 0 Å². The van der Waals surface area contributed by atoms with E-state index in [0.717, 1.165) is 30.4 Å². The van der Waals surface area contributed by atoms with Crippen LogP contribution in [-0.4, -0.2) is 52.1 Å². The second-order valence-corrected chi connectivity index (χ2v) is 5.03. The van der Waals surface area contributed by atoms with Crippen molar-refractivity contribution < 1.29 is 4.74 Å². The van der Waals surface area contributed by atoms with Gasteiger partial charge < -0.3 is 10.1 Å². The minimum Gasteiger partial charge on any atom is -0.375 e. The average Bonchev–Trinajstić information content (AvgIpc) is 2.73. The molecular formula is C10H18N4OS. The van der Waals surface area contributed by atoms with Crippen molar-refractivity contribution in [2.24, 2.45) is 7.05 Å². The second kappa shape index (κ2) is 5.65. The molecule has 2 unspecified atom stereocenters. The van der Waals surface area contributed by atoms with Gasteiger partial charge in [0.2, 0.25) is 0 Å². The number of thioether (sulfide) groups is 1. The van der Waals surface area contributed by atoms with Crippen LogP contribution in [0.15, 0.2) is 6.33 Å². The summed E-state index contributed by atoms with van der Waals surface area (Å²) >= 11 is 1.96. The van der Waals surface area contributed by atoms with E-state index in [1.807, 2.05) is 30.5 Å². The number of ether oxygens (including phenoxy) is 1. The molecule has 0 aliphatic carbocycles. The number of rotatable bonds is 4. The first-order valence-electron chi connectivity index (χ1n) is 5.50. The highest BCUT2D eigenvalue weighted by molar-refractivity contribution is 7.99. The molecule has 1 saturated heterocycles. The van der Waals surface area contributed by atoms with Crippen LogP contribution in [0.5, 0.6) is 0 Å². The molecule has 0 saturated carbocycles. The summed E-state index contributed by atoms with van der Waals surface area (Å²) in [7, 11) is 3.90. The number of hydrogen-bond donors (Lipinski definition) is 1. The quantitative estimate of drug-likeness (QED) is 0.810. The lowest BCUT2D eigenvalue weighted by Crippen LogP contribution is -2.45. The van der Waals surface area contributed by atoms with Crippen LogP contribution in [0.4, 0.5) is 0 Å². The lowest BCUT2D eigenvalue weighted by molar-refractivity contribution is 0.0485. The molecule has 0 amide bonds. The summed E-state index contributed by atoms with van der Waals surface area (Å²) in [6.45, 7) is 0.854. The van der Waals surface area contributed by atoms with Crippen molar-refractivity contribution in [2.45, 2.75) is 18.6 Å². The number of nitrogens with one attached hydrogen (secondary N) is 1. The van der Waals surface area contributed by atoms with Crippen molar-refractivity contribution in [3.8, 4) is 0 Å². The van der Waals surface area contributed by atoms with Gasteiger partial charge in [-0.05, 0) is 7.05 Å². The number of aromatic nitrogens is 3. The van der Waals surface area contributed by atoms with E-state index in [1.165, 1.54) is 0 Å². The van der Waals surface area contributed by atoms with E-state index in [1.54, 1.807) is 6.33 Å². The van der Waals surface area contributed by atoms with Crippen LogP contribution in [-0.2, 0) is 18.2 Å². The first kappa shape index (κ1) is 11.9. The van der Waals surface area contributed by atoms with Crippen LogP contribution >= 0.6 is 11.8 Å². The fourth-order valence-corrected chi connectivity index (χ4v) is 2.80. The first-order valence-corrected chi connectivity index (χ1v) is 6.66. The average molecular weight is 242 g/mol. The smallest absolute Gasteiger partial charge is 0.138 e. The molecule has 1 aliphatic heterocycles. The van der Waals surface area contributed by atoms with Crippen LogP contribution in [0.1, 0.15) is 5.82 Å². The Labute approximate surface area is 100.0 Å². The van der Waals surface area contributed by atoms with Crippen LogP contribution in [0.25, 0.3) is 0 Å². The van der Waals surface area contributed by atoms with E-state index >= 15 is 0 Å². The van der Waals surface area contributed by atoms with Gasteiger partial charge in [0.1, 0.15) is 12.2 Å². The molecule has 0 radical (unpaired) electrons. The SMILES string of the molecule is CNC(Cc1ncnn1C)C1CSCCO1. The fraction of sp³-hybridized carbons (Fsp3) is 0.800. The summed E-state index contributed by atoms with van der Waals surface area (Å²) in [4.78, 5) is 4.25. The molecule has 6 heteroatoms. The van der Waals surface area contributed by atoms with Crippen LogP contribution in [0.2, 0.25) is 0 Å². The Morgan fingerprint density at radius 1 is 1.75 bits per heavy atom. The highest BCUT2D eigenvalue weighted by atomic mass is 32.2. The molecule has 5 nitrogen and oxygen atoms in total. The molecule has 2 rings (SSSR count). The number of hydrogen-bond acceptors (Lipinski definition) is 5. The van der Waals surface area contributed by atoms with E-state index in [4.69, 9.17) is 4.74 Å². The summed E-state index contributed by atoms with van der Waals surface area (Å²) in [5.41, 5.74) is 0. The van der Waals surface area contributed by atoms with Gasteiger partial charge in [0, 0.05) is 31.0 Å². The Hall–Kier alpha value is -0.590. The lowest BCUT2D eigenvalue weighted by Gasteiger charge is -2.29. The zero-order valence-corrected chi connectivity index (χ0v) is 10.5. The van der Waals surface area contributed by atoms with Gasteiger partial charge in [0.25, 0.3) is 0 Å². The normalized spacial score (nSPS) is 23.2. The van der Waals surface area contributed by atoms with Crippen molar-refractivity contribution in [3.63, 3.8) is 0 Å². The van der Waals surface area contributed by atoms with Crippen molar-refractivity contribution in [1.82, 2.24) is 20.1 Å². The van der Waals surface area contributed by atoms with Gasteiger partial charge in [-0.15, -0.1) is 0 Å². The zero-order chi connectivity index (χ0) is 11.4. The van der Waals surface area contributed by atoms with Crippen LogP contribution < -0.4 is 5.32 Å². The number of likely N-dealkylation sites (N-methyl/N-ethyl adjacent to an activating group) is 1. The minimum absolute atomic E-state index is 0.278. The fourth-order valence-electron chi connectivity index (χ4n) is 1.86. The zero-order valence-electron chi connectivity index (χ0n) is 9.72. The molecule has 1 aromatic rings. The molecule has 0 spiro atoms. The Kier molecular flexibility index (Phi) is 4.20. The van der Waals surface area contributed by atoms with Crippen molar-refractivity contribution in [1.29, 1.82) is 0 Å². The molecular weight excluding hydrogens is 224 g/mol. The molecule has 90 valence electrons. The van der Waals surface area contributed by atoms with E-state index in [2.05, 4.69) is 15.4 Å². The van der Waals surface area contributed by atoms with Gasteiger partial charge in [-0.25, -0.2) is 4.98 Å². The Morgan fingerprint density at radius 3 is 3.19 bits per heavy atom. The molecule has 0 bridgehead atoms. The molecule has 0 aromatic carbocycles.